The van der Waals surface area contributed by atoms with Gasteiger partial charge in [-0.2, -0.15) is 0 Å². The molecule has 4 nitrogen and oxygen atoms in total. The topological polar surface area (TPSA) is 59.3 Å². The van der Waals surface area contributed by atoms with Gasteiger partial charge in [0, 0.05) is 12.1 Å². The van der Waals surface area contributed by atoms with Crippen LogP contribution < -0.4 is 21.3 Å². The summed E-state index contributed by atoms with van der Waals surface area (Å²) in [5, 5.41) is 3.14. The van der Waals surface area contributed by atoms with Crippen LogP contribution in [0, 0.1) is 6.92 Å². The van der Waals surface area contributed by atoms with Gasteiger partial charge in [-0.3, -0.25) is 11.2 Å². The van der Waals surface area contributed by atoms with Crippen LogP contribution >= 0.6 is 0 Å². The Labute approximate surface area is 84.4 Å². The van der Waals surface area contributed by atoms with Crippen LogP contribution in [0.2, 0.25) is 0 Å². The number of hydrogen-bond acceptors (Lipinski definition) is 4. The Morgan fingerprint density at radius 2 is 2.21 bits per heavy atom. The van der Waals surface area contributed by atoms with E-state index in [0.29, 0.717) is 6.67 Å². The molecule has 0 spiro atoms. The molecule has 0 heterocycles. The third-order valence-corrected chi connectivity index (χ3v) is 1.98. The van der Waals surface area contributed by atoms with E-state index >= 15 is 0 Å². The second-order valence-corrected chi connectivity index (χ2v) is 3.12. The van der Waals surface area contributed by atoms with Crippen LogP contribution in [0.3, 0.4) is 0 Å². The number of rotatable bonds is 5. The first kappa shape index (κ1) is 11.0. The fourth-order valence-electron chi connectivity index (χ4n) is 1.31. The number of methoxy groups -OCH3 is 1. The van der Waals surface area contributed by atoms with Gasteiger partial charge in [0.05, 0.1) is 13.8 Å². The first-order chi connectivity index (χ1) is 6.77. The van der Waals surface area contributed by atoms with E-state index in [9.17, 15) is 0 Å². The fraction of sp³-hybridized carbons (Fsp3) is 0.400. The Morgan fingerprint density at radius 3 is 2.86 bits per heavy atom. The van der Waals surface area contributed by atoms with Crippen molar-refractivity contribution < 1.29 is 4.74 Å². The molecule has 0 aliphatic heterocycles. The maximum Gasteiger partial charge on any atom is 0.123 e. The van der Waals surface area contributed by atoms with Crippen molar-refractivity contribution in [1.29, 1.82) is 0 Å². The molecule has 78 valence electrons. The molecule has 1 rings (SSSR count). The van der Waals surface area contributed by atoms with Gasteiger partial charge in [-0.05, 0) is 13.0 Å². The zero-order chi connectivity index (χ0) is 10.4. The highest BCUT2D eigenvalue weighted by Gasteiger charge is 2.01. The number of aryl methyl sites for hydroxylation is 1. The molecule has 0 bridgehead atoms. The van der Waals surface area contributed by atoms with Crippen molar-refractivity contribution in [2.75, 3.05) is 13.8 Å². The Balaban J connectivity index is 2.67. The van der Waals surface area contributed by atoms with Crippen LogP contribution in [0.1, 0.15) is 11.1 Å². The van der Waals surface area contributed by atoms with Crippen LogP contribution in [0.5, 0.6) is 5.75 Å². The summed E-state index contributed by atoms with van der Waals surface area (Å²) in [7, 11) is 1.68. The minimum Gasteiger partial charge on any atom is -0.496 e. The van der Waals surface area contributed by atoms with Crippen molar-refractivity contribution in [1.82, 2.24) is 10.7 Å². The van der Waals surface area contributed by atoms with Crippen LogP contribution in [-0.2, 0) is 6.54 Å². The largest absolute Gasteiger partial charge is 0.496 e. The van der Waals surface area contributed by atoms with Gasteiger partial charge in [0.25, 0.3) is 0 Å². The summed E-state index contributed by atoms with van der Waals surface area (Å²) in [4.78, 5) is 0. The number of benzene rings is 1. The van der Waals surface area contributed by atoms with Crippen LogP contribution in [0.25, 0.3) is 0 Å². The normalized spacial score (nSPS) is 10.2. The third-order valence-electron chi connectivity index (χ3n) is 1.98. The van der Waals surface area contributed by atoms with Gasteiger partial charge in [-0.25, -0.2) is 5.43 Å². The lowest BCUT2D eigenvalue weighted by molar-refractivity contribution is 0.407. The lowest BCUT2D eigenvalue weighted by Gasteiger charge is -2.10. The average Bonchev–Trinajstić information content (AvgIpc) is 2.19. The summed E-state index contributed by atoms with van der Waals surface area (Å²) in [5.41, 5.74) is 4.90. The third kappa shape index (κ3) is 2.99. The van der Waals surface area contributed by atoms with Crippen LogP contribution in [0.15, 0.2) is 18.2 Å². The minimum atomic E-state index is 0.580. The predicted molar refractivity (Wildman–Crippen MR) is 56.8 cm³/mol. The lowest BCUT2D eigenvalue weighted by atomic mass is 10.1. The number of ether oxygens (including phenoxy) is 1. The quantitative estimate of drug-likeness (QED) is 0.277. The van der Waals surface area contributed by atoms with E-state index in [-0.39, 0.29) is 0 Å². The van der Waals surface area contributed by atoms with E-state index in [1.54, 1.807) is 7.11 Å². The number of hydrogen-bond donors (Lipinski definition) is 3. The molecule has 0 saturated heterocycles. The number of nitrogens with one attached hydrogen (secondary N) is 2. The second kappa shape index (κ2) is 5.59. The molecule has 1 aromatic rings. The zero-order valence-electron chi connectivity index (χ0n) is 8.63. The molecule has 0 aliphatic carbocycles. The highest BCUT2D eigenvalue weighted by Crippen LogP contribution is 2.18. The van der Waals surface area contributed by atoms with E-state index in [1.165, 1.54) is 5.56 Å². The van der Waals surface area contributed by atoms with Crippen LogP contribution in [-0.4, -0.2) is 13.8 Å². The average molecular weight is 195 g/mol. The molecular weight excluding hydrogens is 178 g/mol. The van der Waals surface area contributed by atoms with Gasteiger partial charge < -0.3 is 4.74 Å². The van der Waals surface area contributed by atoms with Crippen molar-refractivity contribution in [2.24, 2.45) is 5.84 Å². The van der Waals surface area contributed by atoms with E-state index in [4.69, 9.17) is 10.6 Å². The summed E-state index contributed by atoms with van der Waals surface area (Å²) in [6, 6.07) is 6.11. The monoisotopic (exact) mass is 195 g/mol. The zero-order valence-corrected chi connectivity index (χ0v) is 8.63. The second-order valence-electron chi connectivity index (χ2n) is 3.12. The fourth-order valence-corrected chi connectivity index (χ4v) is 1.31. The predicted octanol–water partition coefficient (Wildman–Crippen LogP) is 0.514. The smallest absolute Gasteiger partial charge is 0.123 e. The van der Waals surface area contributed by atoms with E-state index in [2.05, 4.69) is 23.7 Å². The first-order valence-electron chi connectivity index (χ1n) is 4.55. The standard InChI is InChI=1S/C10H17N3O/c1-8-3-4-10(14-2)9(5-8)6-12-7-13-11/h3-5,12-13H,6-7,11H2,1-2H3. The van der Waals surface area contributed by atoms with Crippen molar-refractivity contribution >= 4 is 0 Å². The first-order valence-corrected chi connectivity index (χ1v) is 4.55. The Morgan fingerprint density at radius 1 is 1.43 bits per heavy atom. The van der Waals surface area contributed by atoms with Gasteiger partial charge in [-0.15, -0.1) is 0 Å². The lowest BCUT2D eigenvalue weighted by Crippen LogP contribution is -2.33. The van der Waals surface area contributed by atoms with Crippen LogP contribution in [0.4, 0.5) is 0 Å². The molecule has 1 aromatic carbocycles. The number of hydrazine groups is 1. The highest BCUT2D eigenvalue weighted by atomic mass is 16.5. The van der Waals surface area contributed by atoms with Gasteiger partial charge in [0.2, 0.25) is 0 Å². The van der Waals surface area contributed by atoms with E-state index in [0.717, 1.165) is 17.9 Å². The Kier molecular flexibility index (Phi) is 4.39. The molecule has 14 heavy (non-hydrogen) atoms. The van der Waals surface area contributed by atoms with Gasteiger partial charge in [0.1, 0.15) is 5.75 Å². The van der Waals surface area contributed by atoms with Crippen molar-refractivity contribution in [3.8, 4) is 5.75 Å². The van der Waals surface area contributed by atoms with Crippen molar-refractivity contribution in [3.63, 3.8) is 0 Å². The molecule has 0 amide bonds. The summed E-state index contributed by atoms with van der Waals surface area (Å²) >= 11 is 0. The van der Waals surface area contributed by atoms with Gasteiger partial charge in [-0.1, -0.05) is 17.7 Å². The molecular formula is C10H17N3O. The van der Waals surface area contributed by atoms with Gasteiger partial charge >= 0.3 is 0 Å². The molecule has 0 aliphatic rings. The Hall–Kier alpha value is -1.10. The molecule has 4 N–H and O–H groups in total. The highest BCUT2D eigenvalue weighted by molar-refractivity contribution is 5.36. The van der Waals surface area contributed by atoms with Gasteiger partial charge in [0.15, 0.2) is 0 Å². The van der Waals surface area contributed by atoms with E-state index < -0.39 is 0 Å². The number of nitrogens with two attached hydrogens (primary N) is 1. The van der Waals surface area contributed by atoms with Crippen molar-refractivity contribution in [2.45, 2.75) is 13.5 Å². The maximum absolute atomic E-state index is 5.24. The Bertz CT molecular complexity index is 289. The molecule has 0 saturated carbocycles. The molecule has 0 radical (unpaired) electrons. The summed E-state index contributed by atoms with van der Waals surface area (Å²) in [6.07, 6.45) is 0. The van der Waals surface area contributed by atoms with Crippen molar-refractivity contribution in [3.05, 3.63) is 29.3 Å². The van der Waals surface area contributed by atoms with E-state index in [1.807, 2.05) is 12.1 Å². The molecule has 0 aromatic heterocycles. The molecule has 0 atom stereocenters. The minimum absolute atomic E-state index is 0.580. The summed E-state index contributed by atoms with van der Waals surface area (Å²) in [6.45, 7) is 3.39. The summed E-state index contributed by atoms with van der Waals surface area (Å²) < 4.78 is 5.24. The maximum atomic E-state index is 5.24. The molecule has 0 unspecified atom stereocenters. The summed E-state index contributed by atoms with van der Waals surface area (Å²) in [5.74, 6) is 6.05. The molecule has 4 heteroatoms. The SMILES string of the molecule is COc1ccc(C)cc1CNCNN. The molecule has 0 fully saturated rings.